The van der Waals surface area contributed by atoms with Crippen LogP contribution >= 0.6 is 31.9 Å². The van der Waals surface area contributed by atoms with Crippen molar-refractivity contribution in [2.24, 2.45) is 0 Å². The molecule has 0 aliphatic rings. The lowest BCUT2D eigenvalue weighted by Crippen LogP contribution is -2.14. The summed E-state index contributed by atoms with van der Waals surface area (Å²) in [5.74, 6) is -0.179. The Morgan fingerprint density at radius 1 is 1.25 bits per heavy atom. The van der Waals surface area contributed by atoms with Crippen LogP contribution in [0.1, 0.15) is 22.8 Å². The van der Waals surface area contributed by atoms with Crippen LogP contribution in [0.4, 0.5) is 11.4 Å². The Bertz CT molecular complexity index is 656. The highest BCUT2D eigenvalue weighted by atomic mass is 79.9. The fraction of sp³-hybridized carbons (Fsp3) is 0.133. The van der Waals surface area contributed by atoms with E-state index in [4.69, 9.17) is 5.73 Å². The average Bonchev–Trinajstić information content (AvgIpc) is 2.43. The van der Waals surface area contributed by atoms with E-state index < -0.39 is 0 Å². The molecule has 1 amide bonds. The molecule has 3 N–H and O–H groups in total. The molecule has 0 saturated heterocycles. The minimum absolute atomic E-state index is 0.179. The number of aryl methyl sites for hydroxylation is 1. The number of benzene rings is 2. The van der Waals surface area contributed by atoms with E-state index in [1.54, 1.807) is 18.2 Å². The van der Waals surface area contributed by atoms with E-state index in [-0.39, 0.29) is 5.91 Å². The summed E-state index contributed by atoms with van der Waals surface area (Å²) >= 11 is 6.78. The Hall–Kier alpha value is -1.33. The Morgan fingerprint density at radius 3 is 2.70 bits per heavy atom. The molecule has 0 aliphatic carbocycles. The number of nitrogens with two attached hydrogens (primary N) is 1. The highest BCUT2D eigenvalue weighted by Crippen LogP contribution is 2.26. The molecule has 0 radical (unpaired) electrons. The lowest BCUT2D eigenvalue weighted by Gasteiger charge is -2.12. The average molecular weight is 398 g/mol. The molecule has 2 aromatic rings. The zero-order valence-electron chi connectivity index (χ0n) is 10.9. The third kappa shape index (κ3) is 3.22. The number of hydrogen-bond acceptors (Lipinski definition) is 2. The third-order valence-electron chi connectivity index (χ3n) is 2.97. The summed E-state index contributed by atoms with van der Waals surface area (Å²) in [7, 11) is 0. The van der Waals surface area contributed by atoms with Gasteiger partial charge in [0.05, 0.1) is 10.0 Å². The second-order valence-corrected chi connectivity index (χ2v) is 6.03. The Morgan fingerprint density at radius 2 is 2.00 bits per heavy atom. The van der Waals surface area contributed by atoms with Crippen molar-refractivity contribution in [3.63, 3.8) is 0 Å². The first kappa shape index (κ1) is 15.1. The number of nitrogens with one attached hydrogen (secondary N) is 1. The smallest absolute Gasteiger partial charge is 0.256 e. The van der Waals surface area contributed by atoms with E-state index >= 15 is 0 Å². The molecule has 0 fully saturated rings. The molecule has 0 heterocycles. The zero-order chi connectivity index (χ0) is 14.7. The molecule has 0 bridgehead atoms. The van der Waals surface area contributed by atoms with Crippen molar-refractivity contribution in [3.05, 3.63) is 56.5 Å². The summed E-state index contributed by atoms with van der Waals surface area (Å²) in [5, 5.41) is 2.93. The van der Waals surface area contributed by atoms with Crippen LogP contribution in [-0.4, -0.2) is 5.91 Å². The minimum Gasteiger partial charge on any atom is -0.398 e. The number of carbonyl (C=O) groups excluding carboxylic acids is 1. The van der Waals surface area contributed by atoms with Crippen LogP contribution in [0.5, 0.6) is 0 Å². The van der Waals surface area contributed by atoms with Gasteiger partial charge in [0.25, 0.3) is 5.91 Å². The summed E-state index contributed by atoms with van der Waals surface area (Å²) < 4.78 is 1.62. The molecule has 0 aromatic heterocycles. The Labute approximate surface area is 134 Å². The van der Waals surface area contributed by atoms with Crippen LogP contribution in [0.25, 0.3) is 0 Å². The highest BCUT2D eigenvalue weighted by Gasteiger charge is 2.13. The first-order chi connectivity index (χ1) is 9.52. The van der Waals surface area contributed by atoms with Gasteiger partial charge in [0.2, 0.25) is 0 Å². The maximum Gasteiger partial charge on any atom is 0.256 e. The van der Waals surface area contributed by atoms with Crippen molar-refractivity contribution < 1.29 is 4.79 Å². The monoisotopic (exact) mass is 396 g/mol. The number of hydrogen-bond donors (Lipinski definition) is 2. The molecule has 0 unspecified atom stereocenters. The van der Waals surface area contributed by atoms with Crippen LogP contribution in [0.2, 0.25) is 0 Å². The molecule has 0 spiro atoms. The van der Waals surface area contributed by atoms with E-state index in [0.717, 1.165) is 22.1 Å². The van der Waals surface area contributed by atoms with Crippen LogP contribution in [0.15, 0.2) is 45.3 Å². The molecule has 2 aromatic carbocycles. The predicted molar refractivity (Wildman–Crippen MR) is 90.0 cm³/mol. The topological polar surface area (TPSA) is 55.1 Å². The molecular formula is C15H14Br2N2O. The van der Waals surface area contributed by atoms with Crippen LogP contribution < -0.4 is 11.1 Å². The molecule has 3 nitrogen and oxygen atoms in total. The van der Waals surface area contributed by atoms with Crippen molar-refractivity contribution in [3.8, 4) is 0 Å². The van der Waals surface area contributed by atoms with Gasteiger partial charge in [0, 0.05) is 15.8 Å². The number of nitrogen functional groups attached to an aromatic ring is 1. The number of carbonyl (C=O) groups is 1. The van der Waals surface area contributed by atoms with E-state index in [0.29, 0.717) is 15.7 Å². The highest BCUT2D eigenvalue weighted by molar-refractivity contribution is 9.11. The molecule has 20 heavy (non-hydrogen) atoms. The van der Waals surface area contributed by atoms with Crippen molar-refractivity contribution in [1.29, 1.82) is 0 Å². The molecule has 5 heteroatoms. The van der Waals surface area contributed by atoms with Gasteiger partial charge in [-0.05, 0) is 58.2 Å². The van der Waals surface area contributed by atoms with Crippen molar-refractivity contribution >= 4 is 49.1 Å². The van der Waals surface area contributed by atoms with Gasteiger partial charge in [-0.2, -0.15) is 0 Å². The van der Waals surface area contributed by atoms with Gasteiger partial charge in [-0.15, -0.1) is 0 Å². The van der Waals surface area contributed by atoms with Gasteiger partial charge < -0.3 is 11.1 Å². The van der Waals surface area contributed by atoms with Gasteiger partial charge in [-0.1, -0.05) is 28.9 Å². The summed E-state index contributed by atoms with van der Waals surface area (Å²) in [6.45, 7) is 2.05. The maximum absolute atomic E-state index is 12.3. The number of rotatable bonds is 3. The zero-order valence-corrected chi connectivity index (χ0v) is 14.1. The summed E-state index contributed by atoms with van der Waals surface area (Å²) in [6, 6.07) is 11.0. The quantitative estimate of drug-likeness (QED) is 0.743. The molecule has 104 valence electrons. The summed E-state index contributed by atoms with van der Waals surface area (Å²) in [4.78, 5) is 12.3. The lowest BCUT2D eigenvalue weighted by molar-refractivity contribution is 0.102. The largest absolute Gasteiger partial charge is 0.398 e. The van der Waals surface area contributed by atoms with Crippen molar-refractivity contribution in [1.82, 2.24) is 0 Å². The third-order valence-corrected chi connectivity index (χ3v) is 4.35. The van der Waals surface area contributed by atoms with Gasteiger partial charge >= 0.3 is 0 Å². The van der Waals surface area contributed by atoms with E-state index in [9.17, 15) is 4.79 Å². The summed E-state index contributed by atoms with van der Waals surface area (Å²) in [6.07, 6.45) is 0.840. The van der Waals surface area contributed by atoms with Gasteiger partial charge in [-0.3, -0.25) is 4.79 Å². The summed E-state index contributed by atoms with van der Waals surface area (Å²) in [5.41, 5.74) is 8.75. The standard InChI is InChI=1S/C15H14Br2N2O/c1-2-9-8-10(16)6-7-13(9)19-15(20)11-4-3-5-12(18)14(11)17/h3-8H,2,18H2,1H3,(H,19,20). The number of anilines is 2. The van der Waals surface area contributed by atoms with Gasteiger partial charge in [-0.25, -0.2) is 0 Å². The second-order valence-electron chi connectivity index (χ2n) is 4.32. The fourth-order valence-electron chi connectivity index (χ4n) is 1.89. The molecule has 0 aliphatic heterocycles. The van der Waals surface area contributed by atoms with E-state index in [1.807, 2.05) is 25.1 Å². The molecule has 0 saturated carbocycles. The SMILES string of the molecule is CCc1cc(Br)ccc1NC(=O)c1cccc(N)c1Br. The first-order valence-corrected chi connectivity index (χ1v) is 7.75. The molecule has 0 atom stereocenters. The first-order valence-electron chi connectivity index (χ1n) is 6.16. The molecule has 2 rings (SSSR count). The number of amides is 1. The van der Waals surface area contributed by atoms with Crippen LogP contribution in [0, 0.1) is 0 Å². The Kier molecular flexibility index (Phi) is 4.83. The molecular weight excluding hydrogens is 384 g/mol. The van der Waals surface area contributed by atoms with Crippen molar-refractivity contribution in [2.45, 2.75) is 13.3 Å². The lowest BCUT2D eigenvalue weighted by atomic mass is 10.1. The van der Waals surface area contributed by atoms with Gasteiger partial charge in [0.1, 0.15) is 0 Å². The van der Waals surface area contributed by atoms with Crippen LogP contribution in [-0.2, 0) is 6.42 Å². The van der Waals surface area contributed by atoms with Crippen LogP contribution in [0.3, 0.4) is 0 Å². The second kappa shape index (κ2) is 6.41. The minimum atomic E-state index is -0.179. The van der Waals surface area contributed by atoms with Crippen molar-refractivity contribution in [2.75, 3.05) is 11.1 Å². The fourth-order valence-corrected chi connectivity index (χ4v) is 2.74. The predicted octanol–water partition coefficient (Wildman–Crippen LogP) is 4.61. The van der Waals surface area contributed by atoms with Gasteiger partial charge in [0.15, 0.2) is 0 Å². The van der Waals surface area contributed by atoms with E-state index in [2.05, 4.69) is 37.2 Å². The Balaban J connectivity index is 2.30. The normalized spacial score (nSPS) is 10.3. The maximum atomic E-state index is 12.3. The van der Waals surface area contributed by atoms with E-state index in [1.165, 1.54) is 0 Å². The number of halogens is 2.